The van der Waals surface area contributed by atoms with E-state index in [-0.39, 0.29) is 5.41 Å². The Balaban J connectivity index is 1.92. The highest BCUT2D eigenvalue weighted by atomic mass is 16.3. The van der Waals surface area contributed by atoms with Crippen molar-refractivity contribution < 1.29 is 5.11 Å². The summed E-state index contributed by atoms with van der Waals surface area (Å²) in [6.07, 6.45) is 6.70. The molecule has 0 bridgehead atoms. The van der Waals surface area contributed by atoms with Gasteiger partial charge in [-0.25, -0.2) is 0 Å². The van der Waals surface area contributed by atoms with E-state index in [1.54, 1.807) is 12.1 Å². The van der Waals surface area contributed by atoms with E-state index in [4.69, 9.17) is 0 Å². The summed E-state index contributed by atoms with van der Waals surface area (Å²) in [5.74, 6) is 0.306. The number of aromatic hydroxyl groups is 1. The zero-order chi connectivity index (χ0) is 17.6. The first-order valence-corrected chi connectivity index (χ1v) is 9.17. The van der Waals surface area contributed by atoms with Crippen LogP contribution in [0.4, 0.5) is 0 Å². The lowest BCUT2D eigenvalue weighted by Crippen LogP contribution is -2.30. The Labute approximate surface area is 154 Å². The summed E-state index contributed by atoms with van der Waals surface area (Å²) in [6.45, 7) is 0. The maximum Gasteiger partial charge on any atom is 0.115 e. The Kier molecular flexibility index (Phi) is 3.36. The molecule has 1 heteroatoms. The van der Waals surface area contributed by atoms with Crippen LogP contribution in [-0.4, -0.2) is 5.11 Å². The molecule has 126 valence electrons. The van der Waals surface area contributed by atoms with Crippen molar-refractivity contribution in [3.63, 3.8) is 0 Å². The van der Waals surface area contributed by atoms with E-state index in [0.717, 1.165) is 12.8 Å². The lowest BCUT2D eigenvalue weighted by Gasteiger charge is -2.36. The van der Waals surface area contributed by atoms with Gasteiger partial charge in [-0.1, -0.05) is 78.9 Å². The summed E-state index contributed by atoms with van der Waals surface area (Å²) >= 11 is 0. The Hall–Kier alpha value is -3.06. The van der Waals surface area contributed by atoms with Gasteiger partial charge in [0.2, 0.25) is 0 Å². The van der Waals surface area contributed by atoms with Gasteiger partial charge in [-0.3, -0.25) is 0 Å². The van der Waals surface area contributed by atoms with Gasteiger partial charge in [0, 0.05) is 0 Å². The molecule has 3 aromatic carbocycles. The largest absolute Gasteiger partial charge is 0.508 e. The average molecular weight is 336 g/mol. The van der Waals surface area contributed by atoms with Gasteiger partial charge < -0.3 is 5.11 Å². The second-order valence-corrected chi connectivity index (χ2v) is 7.04. The van der Waals surface area contributed by atoms with Gasteiger partial charge in [0.25, 0.3) is 0 Å². The molecule has 0 aromatic heterocycles. The highest BCUT2D eigenvalue weighted by Gasteiger charge is 2.47. The molecular formula is C25H20O. The quantitative estimate of drug-likeness (QED) is 0.623. The van der Waals surface area contributed by atoms with Crippen LogP contribution in [-0.2, 0) is 5.41 Å². The molecule has 1 atom stereocenters. The molecule has 5 rings (SSSR count). The number of benzene rings is 3. The Morgan fingerprint density at radius 1 is 0.731 bits per heavy atom. The summed E-state index contributed by atoms with van der Waals surface area (Å²) in [6, 6.07) is 27.3. The first-order chi connectivity index (χ1) is 12.8. The maximum atomic E-state index is 9.86. The Morgan fingerprint density at radius 3 is 2.23 bits per heavy atom. The van der Waals surface area contributed by atoms with Crippen molar-refractivity contribution in [1.82, 2.24) is 0 Å². The number of phenolic OH excluding ortho intramolecular Hbond substituents is 1. The molecule has 1 N–H and O–H groups in total. The average Bonchev–Trinajstić information content (AvgIpc) is 3.01. The van der Waals surface area contributed by atoms with Crippen LogP contribution in [0.15, 0.2) is 96.6 Å². The molecule has 0 aliphatic heterocycles. The maximum absolute atomic E-state index is 9.86. The molecule has 0 radical (unpaired) electrons. The first kappa shape index (κ1) is 15.2. The summed E-state index contributed by atoms with van der Waals surface area (Å²) in [5, 5.41) is 9.86. The molecule has 1 unspecified atom stereocenters. The minimum absolute atomic E-state index is 0.286. The molecule has 3 aromatic rings. The molecule has 0 fully saturated rings. The van der Waals surface area contributed by atoms with Gasteiger partial charge in [-0.05, 0) is 58.4 Å². The lowest BCUT2D eigenvalue weighted by atomic mass is 9.65. The van der Waals surface area contributed by atoms with Gasteiger partial charge in [0.05, 0.1) is 5.41 Å². The van der Waals surface area contributed by atoms with Gasteiger partial charge in [-0.15, -0.1) is 0 Å². The number of fused-ring (bicyclic) bond motifs is 2. The predicted octanol–water partition coefficient (Wildman–Crippen LogP) is 5.84. The van der Waals surface area contributed by atoms with Gasteiger partial charge in [-0.2, -0.15) is 0 Å². The molecule has 2 aliphatic rings. The van der Waals surface area contributed by atoms with Gasteiger partial charge in [0.1, 0.15) is 5.75 Å². The van der Waals surface area contributed by atoms with Crippen molar-refractivity contribution in [1.29, 1.82) is 0 Å². The summed E-state index contributed by atoms with van der Waals surface area (Å²) in [7, 11) is 0. The van der Waals surface area contributed by atoms with Crippen LogP contribution in [0.3, 0.4) is 0 Å². The van der Waals surface area contributed by atoms with Crippen LogP contribution in [0, 0.1) is 0 Å². The summed E-state index contributed by atoms with van der Waals surface area (Å²) < 4.78 is 0. The number of allylic oxidation sites excluding steroid dienone is 4. The minimum atomic E-state index is -0.286. The molecule has 2 aliphatic carbocycles. The van der Waals surface area contributed by atoms with E-state index >= 15 is 0 Å². The fourth-order valence-corrected chi connectivity index (χ4v) is 4.74. The van der Waals surface area contributed by atoms with E-state index in [1.807, 2.05) is 0 Å². The summed E-state index contributed by atoms with van der Waals surface area (Å²) in [4.78, 5) is 0. The summed E-state index contributed by atoms with van der Waals surface area (Å²) in [5.41, 5.74) is 7.73. The molecule has 0 heterocycles. The third-order valence-electron chi connectivity index (χ3n) is 5.75. The van der Waals surface area contributed by atoms with Crippen LogP contribution in [0.25, 0.3) is 5.57 Å². The SMILES string of the molecule is Oc1ccc(C2(c3ccccc3)C3=C(C=CCC3)c3ccccc32)cc1. The smallest absolute Gasteiger partial charge is 0.115 e. The van der Waals surface area contributed by atoms with Crippen LogP contribution in [0.5, 0.6) is 5.75 Å². The third kappa shape index (κ3) is 1.97. The number of hydrogen-bond acceptors (Lipinski definition) is 1. The zero-order valence-electron chi connectivity index (χ0n) is 14.5. The second kappa shape index (κ2) is 5.74. The monoisotopic (exact) mass is 336 g/mol. The van der Waals surface area contributed by atoms with E-state index in [9.17, 15) is 5.11 Å². The first-order valence-electron chi connectivity index (χ1n) is 9.17. The van der Waals surface area contributed by atoms with Gasteiger partial charge in [0.15, 0.2) is 0 Å². The van der Waals surface area contributed by atoms with Crippen LogP contribution in [0.2, 0.25) is 0 Å². The second-order valence-electron chi connectivity index (χ2n) is 7.04. The molecular weight excluding hydrogens is 316 g/mol. The topological polar surface area (TPSA) is 20.2 Å². The molecule has 0 spiro atoms. The van der Waals surface area contributed by atoms with Crippen molar-refractivity contribution in [2.75, 3.05) is 0 Å². The van der Waals surface area contributed by atoms with Crippen molar-refractivity contribution >= 4 is 5.57 Å². The molecule has 0 saturated heterocycles. The highest BCUT2D eigenvalue weighted by Crippen LogP contribution is 2.57. The fraction of sp³-hybridized carbons (Fsp3) is 0.120. The molecule has 0 saturated carbocycles. The Bertz CT molecular complexity index is 1030. The third-order valence-corrected chi connectivity index (χ3v) is 5.75. The number of hydrogen-bond donors (Lipinski definition) is 1. The van der Waals surface area contributed by atoms with Crippen molar-refractivity contribution in [3.05, 3.63) is 119 Å². The van der Waals surface area contributed by atoms with Crippen LogP contribution < -0.4 is 0 Å². The number of rotatable bonds is 2. The molecule has 26 heavy (non-hydrogen) atoms. The standard InChI is InChI=1S/C25H20O/c26-20-16-14-19(15-17-20)25(18-8-2-1-3-9-18)23-12-6-4-10-21(23)22-11-5-7-13-24(22)25/h1-6,8-12,14-17,26H,7,13H2. The fourth-order valence-electron chi connectivity index (χ4n) is 4.74. The van der Waals surface area contributed by atoms with E-state index < -0.39 is 0 Å². The minimum Gasteiger partial charge on any atom is -0.508 e. The number of phenols is 1. The zero-order valence-corrected chi connectivity index (χ0v) is 14.5. The van der Waals surface area contributed by atoms with Crippen LogP contribution >= 0.6 is 0 Å². The highest BCUT2D eigenvalue weighted by molar-refractivity contribution is 5.90. The molecule has 0 amide bonds. The van der Waals surface area contributed by atoms with E-state index in [0.29, 0.717) is 5.75 Å². The van der Waals surface area contributed by atoms with Crippen molar-refractivity contribution in [3.8, 4) is 5.75 Å². The Morgan fingerprint density at radius 2 is 1.42 bits per heavy atom. The van der Waals surface area contributed by atoms with Crippen molar-refractivity contribution in [2.24, 2.45) is 0 Å². The van der Waals surface area contributed by atoms with Gasteiger partial charge >= 0.3 is 0 Å². The predicted molar refractivity (Wildman–Crippen MR) is 106 cm³/mol. The van der Waals surface area contributed by atoms with Crippen LogP contribution in [0.1, 0.15) is 35.1 Å². The molecule has 1 nitrogen and oxygen atoms in total. The van der Waals surface area contributed by atoms with E-state index in [2.05, 4.69) is 78.9 Å². The van der Waals surface area contributed by atoms with Crippen molar-refractivity contribution in [2.45, 2.75) is 18.3 Å². The lowest BCUT2D eigenvalue weighted by molar-refractivity contribution is 0.474. The van der Waals surface area contributed by atoms with E-state index in [1.165, 1.54) is 33.4 Å². The normalized spacial score (nSPS) is 20.8.